The molecule has 2 aromatic rings. The van der Waals surface area contributed by atoms with Gasteiger partial charge in [-0.1, -0.05) is 0 Å². The summed E-state index contributed by atoms with van der Waals surface area (Å²) in [6.07, 6.45) is 1.69. The first-order chi connectivity index (χ1) is 12.9. The maximum Gasteiger partial charge on any atom is 0.409 e. The van der Waals surface area contributed by atoms with Crippen LogP contribution in [0, 0.1) is 0 Å². The monoisotopic (exact) mass is 371 g/mol. The smallest absolute Gasteiger partial charge is 0.409 e. The minimum Gasteiger partial charge on any atom is -0.465 e. The number of nitrogens with one attached hydrogen (secondary N) is 2. The maximum atomic E-state index is 11.9. The van der Waals surface area contributed by atoms with E-state index in [9.17, 15) is 14.4 Å². The van der Waals surface area contributed by atoms with E-state index >= 15 is 0 Å². The summed E-state index contributed by atoms with van der Waals surface area (Å²) in [5.74, 6) is -0.259. The average Bonchev–Trinajstić information content (AvgIpc) is 2.62. The third-order valence-electron chi connectivity index (χ3n) is 3.77. The fourth-order valence-corrected chi connectivity index (χ4v) is 2.62. The van der Waals surface area contributed by atoms with Gasteiger partial charge in [-0.2, -0.15) is 0 Å². The lowest BCUT2D eigenvalue weighted by Gasteiger charge is -2.26. The van der Waals surface area contributed by atoms with E-state index in [0.29, 0.717) is 30.1 Å². The van der Waals surface area contributed by atoms with Crippen LogP contribution in [0.15, 0.2) is 30.6 Å². The number of rotatable bonds is 4. The van der Waals surface area contributed by atoms with E-state index in [1.54, 1.807) is 17.0 Å². The average molecular weight is 371 g/mol. The highest BCUT2D eigenvalue weighted by Crippen LogP contribution is 2.29. The molecule has 0 aliphatic carbocycles. The molecule has 0 aromatic carbocycles. The summed E-state index contributed by atoms with van der Waals surface area (Å²) in [5, 5.41) is 13.8. The third-order valence-corrected chi connectivity index (χ3v) is 3.77. The second kappa shape index (κ2) is 7.79. The van der Waals surface area contributed by atoms with Gasteiger partial charge in [0.15, 0.2) is 0 Å². The number of amides is 3. The molecule has 27 heavy (non-hydrogen) atoms. The number of carbonyl (C=O) groups excluding carboxylic acids is 2. The van der Waals surface area contributed by atoms with Gasteiger partial charge in [-0.05, 0) is 12.1 Å². The third kappa shape index (κ3) is 4.36. The van der Waals surface area contributed by atoms with Crippen molar-refractivity contribution >= 4 is 35.1 Å². The van der Waals surface area contributed by atoms with Gasteiger partial charge in [0, 0.05) is 31.3 Å². The summed E-state index contributed by atoms with van der Waals surface area (Å²) < 4.78 is 5.10. The Balaban J connectivity index is 1.91. The van der Waals surface area contributed by atoms with Crippen LogP contribution in [0.2, 0.25) is 0 Å². The number of morpholine rings is 1. The second-order valence-electron chi connectivity index (χ2n) is 5.73. The number of anilines is 3. The van der Waals surface area contributed by atoms with Crippen molar-refractivity contribution in [1.29, 1.82) is 0 Å². The van der Waals surface area contributed by atoms with E-state index in [-0.39, 0.29) is 29.9 Å². The summed E-state index contributed by atoms with van der Waals surface area (Å²) in [6, 6.07) is 4.80. The van der Waals surface area contributed by atoms with Crippen molar-refractivity contribution in [2.24, 2.45) is 0 Å². The number of hydrogen-bond acceptors (Lipinski definition) is 6. The molecular weight excluding hydrogens is 354 g/mol. The normalized spacial score (nSPS) is 14.0. The largest absolute Gasteiger partial charge is 0.465 e. The number of carboxylic acid groups (broad SMARTS) is 1. The van der Waals surface area contributed by atoms with E-state index in [1.807, 2.05) is 0 Å². The van der Waals surface area contributed by atoms with Crippen LogP contribution in [0.1, 0.15) is 6.92 Å². The molecule has 0 spiro atoms. The SMILES string of the molecule is CC(=O)Nc1cc(NC(=O)O)c(-c2ccc(N3CCOCC3=O)cn2)cn1. The predicted molar refractivity (Wildman–Crippen MR) is 96.6 cm³/mol. The predicted octanol–water partition coefficient (Wildman–Crippen LogP) is 1.56. The highest BCUT2D eigenvalue weighted by Gasteiger charge is 2.20. The molecule has 1 saturated heterocycles. The molecule has 0 unspecified atom stereocenters. The van der Waals surface area contributed by atoms with Crippen LogP contribution in [-0.2, 0) is 14.3 Å². The second-order valence-corrected chi connectivity index (χ2v) is 5.73. The van der Waals surface area contributed by atoms with Crippen molar-refractivity contribution in [3.63, 3.8) is 0 Å². The Labute approximate surface area is 154 Å². The zero-order valence-electron chi connectivity index (χ0n) is 14.4. The highest BCUT2D eigenvalue weighted by atomic mass is 16.5. The molecule has 10 nitrogen and oxygen atoms in total. The molecule has 10 heteroatoms. The van der Waals surface area contributed by atoms with Crippen LogP contribution in [0.4, 0.5) is 22.0 Å². The first-order valence-corrected chi connectivity index (χ1v) is 8.06. The van der Waals surface area contributed by atoms with Gasteiger partial charge in [-0.25, -0.2) is 9.78 Å². The topological polar surface area (TPSA) is 134 Å². The van der Waals surface area contributed by atoms with Crippen molar-refractivity contribution in [3.8, 4) is 11.3 Å². The van der Waals surface area contributed by atoms with E-state index < -0.39 is 6.09 Å². The first kappa shape index (κ1) is 18.3. The van der Waals surface area contributed by atoms with Crippen LogP contribution in [0.25, 0.3) is 11.3 Å². The number of hydrogen-bond donors (Lipinski definition) is 3. The van der Waals surface area contributed by atoms with Gasteiger partial charge in [0.1, 0.15) is 12.4 Å². The van der Waals surface area contributed by atoms with E-state index in [0.717, 1.165) is 0 Å². The fraction of sp³-hybridized carbons (Fsp3) is 0.235. The van der Waals surface area contributed by atoms with Crippen molar-refractivity contribution in [3.05, 3.63) is 30.6 Å². The molecule has 3 heterocycles. The first-order valence-electron chi connectivity index (χ1n) is 8.06. The van der Waals surface area contributed by atoms with Crippen molar-refractivity contribution in [2.45, 2.75) is 6.92 Å². The Bertz CT molecular complexity index is 884. The van der Waals surface area contributed by atoms with Gasteiger partial charge in [0.2, 0.25) is 5.91 Å². The molecule has 0 atom stereocenters. The summed E-state index contributed by atoms with van der Waals surface area (Å²) in [4.78, 5) is 44.2. The molecule has 0 radical (unpaired) electrons. The fourth-order valence-electron chi connectivity index (χ4n) is 2.62. The number of nitrogens with zero attached hydrogens (tertiary/aromatic N) is 3. The zero-order valence-corrected chi connectivity index (χ0v) is 14.4. The molecule has 1 fully saturated rings. The minimum absolute atomic E-state index is 0.0307. The number of aromatic nitrogens is 2. The van der Waals surface area contributed by atoms with Gasteiger partial charge in [0.05, 0.1) is 29.9 Å². The Morgan fingerprint density at radius 2 is 2.04 bits per heavy atom. The van der Waals surface area contributed by atoms with Gasteiger partial charge in [0.25, 0.3) is 5.91 Å². The molecule has 3 N–H and O–H groups in total. The van der Waals surface area contributed by atoms with Gasteiger partial charge in [-0.15, -0.1) is 0 Å². The summed E-state index contributed by atoms with van der Waals surface area (Å²) in [7, 11) is 0. The Kier molecular flexibility index (Phi) is 5.27. The van der Waals surface area contributed by atoms with Crippen LogP contribution in [0.3, 0.4) is 0 Å². The molecular formula is C17H17N5O5. The zero-order chi connectivity index (χ0) is 19.4. The van der Waals surface area contributed by atoms with Crippen molar-refractivity contribution in [1.82, 2.24) is 9.97 Å². The quantitative estimate of drug-likeness (QED) is 0.742. The lowest BCUT2D eigenvalue weighted by molar-refractivity contribution is -0.125. The molecule has 1 aliphatic heterocycles. The lowest BCUT2D eigenvalue weighted by atomic mass is 10.1. The molecule has 0 bridgehead atoms. The highest BCUT2D eigenvalue weighted by molar-refractivity contribution is 5.95. The van der Waals surface area contributed by atoms with E-state index in [1.165, 1.54) is 25.4 Å². The van der Waals surface area contributed by atoms with Crippen LogP contribution in [0.5, 0.6) is 0 Å². The Morgan fingerprint density at radius 3 is 2.67 bits per heavy atom. The summed E-state index contributed by atoms with van der Waals surface area (Å²) in [6.45, 7) is 2.25. The van der Waals surface area contributed by atoms with E-state index in [2.05, 4.69) is 20.6 Å². The summed E-state index contributed by atoms with van der Waals surface area (Å²) in [5.41, 5.74) is 1.75. The van der Waals surface area contributed by atoms with Crippen LogP contribution in [-0.4, -0.2) is 52.7 Å². The molecule has 140 valence electrons. The van der Waals surface area contributed by atoms with E-state index in [4.69, 9.17) is 9.84 Å². The van der Waals surface area contributed by atoms with Crippen LogP contribution >= 0.6 is 0 Å². The molecule has 1 aliphatic rings. The molecule has 3 rings (SSSR count). The number of pyridine rings is 2. The standard InChI is InChI=1S/C17H17N5O5/c1-10(23)20-15-6-14(21-17(25)26)12(8-19-15)13-3-2-11(7-18-13)22-4-5-27-9-16(22)24/h2-3,6-8H,4-5,9H2,1H3,(H,25,26)(H2,19,20,21,23). The maximum absolute atomic E-state index is 11.9. The molecule has 2 aromatic heterocycles. The lowest BCUT2D eigenvalue weighted by Crippen LogP contribution is -2.41. The van der Waals surface area contributed by atoms with Crippen LogP contribution < -0.4 is 15.5 Å². The molecule has 0 saturated carbocycles. The Morgan fingerprint density at radius 1 is 1.22 bits per heavy atom. The van der Waals surface area contributed by atoms with Crippen molar-refractivity contribution < 1.29 is 24.2 Å². The molecule has 3 amide bonds. The van der Waals surface area contributed by atoms with Gasteiger partial charge in [-0.3, -0.25) is 19.9 Å². The van der Waals surface area contributed by atoms with Crippen molar-refractivity contribution in [2.75, 3.05) is 35.3 Å². The van der Waals surface area contributed by atoms with Gasteiger partial charge < -0.3 is 20.1 Å². The van der Waals surface area contributed by atoms with Gasteiger partial charge >= 0.3 is 6.09 Å². The minimum atomic E-state index is -1.26. The Hall–Kier alpha value is -3.53. The number of ether oxygens (including phenoxy) is 1. The number of carbonyl (C=O) groups is 3. The summed E-state index contributed by atoms with van der Waals surface area (Å²) >= 11 is 0.